The van der Waals surface area contributed by atoms with Gasteiger partial charge in [-0.3, -0.25) is 0 Å². The molecule has 17 heavy (non-hydrogen) atoms. The van der Waals surface area contributed by atoms with Crippen molar-refractivity contribution in [1.29, 1.82) is 0 Å². The van der Waals surface area contributed by atoms with E-state index in [0.29, 0.717) is 6.42 Å². The van der Waals surface area contributed by atoms with Crippen LogP contribution in [0, 0.1) is 0 Å². The Morgan fingerprint density at radius 1 is 1.47 bits per heavy atom. The van der Waals surface area contributed by atoms with Crippen molar-refractivity contribution >= 4 is 12.1 Å². The number of rotatable bonds is 6. The van der Waals surface area contributed by atoms with Gasteiger partial charge >= 0.3 is 12.1 Å². The summed E-state index contributed by atoms with van der Waals surface area (Å²) in [6.07, 6.45) is -1.50. The Hall–Kier alpha value is -1.60. The lowest BCUT2D eigenvalue weighted by atomic mass is 10.1. The van der Waals surface area contributed by atoms with Gasteiger partial charge < -0.3 is 19.8 Å². The van der Waals surface area contributed by atoms with E-state index in [9.17, 15) is 14.7 Å². The molecule has 0 aromatic carbocycles. The highest BCUT2D eigenvalue weighted by atomic mass is 16.7. The van der Waals surface area contributed by atoms with Crippen LogP contribution in [-0.2, 0) is 14.4 Å². The van der Waals surface area contributed by atoms with Crippen LogP contribution >= 0.6 is 0 Å². The zero-order valence-electron chi connectivity index (χ0n) is 9.64. The highest BCUT2D eigenvalue weighted by Gasteiger charge is 2.18. The van der Waals surface area contributed by atoms with Crippen molar-refractivity contribution in [3.05, 3.63) is 12.2 Å². The molecule has 0 aromatic heterocycles. The van der Waals surface area contributed by atoms with Gasteiger partial charge in [0.15, 0.2) is 0 Å². The topological polar surface area (TPSA) is 105 Å². The number of ether oxygens (including phenoxy) is 1. The summed E-state index contributed by atoms with van der Waals surface area (Å²) < 4.78 is 4.44. The van der Waals surface area contributed by atoms with Gasteiger partial charge in [-0.25, -0.2) is 9.59 Å². The molecule has 0 radical (unpaired) electrons. The lowest BCUT2D eigenvalue weighted by Crippen LogP contribution is -2.30. The second-order valence-electron chi connectivity index (χ2n) is 3.12. The van der Waals surface area contributed by atoms with Crippen LogP contribution in [0.15, 0.2) is 12.2 Å². The molecule has 7 heteroatoms. The Balaban J connectivity index is 3.96. The molecule has 0 aliphatic carbocycles. The van der Waals surface area contributed by atoms with Gasteiger partial charge in [-0.2, -0.15) is 0 Å². The first kappa shape index (κ1) is 15.4. The summed E-state index contributed by atoms with van der Waals surface area (Å²) in [6.45, 7) is 4.97. The standard InChI is InChI=1S/C10H17NO6/c1-3-16-10(15)11-17-9(14)7(2)8(13)5-4-6-12/h8,12-13H,2-6H2,1H3,(H,11,15). The van der Waals surface area contributed by atoms with Crippen molar-refractivity contribution in [3.63, 3.8) is 0 Å². The van der Waals surface area contributed by atoms with Gasteiger partial charge in [0.2, 0.25) is 0 Å². The van der Waals surface area contributed by atoms with Gasteiger partial charge in [0.25, 0.3) is 0 Å². The number of hydrogen-bond donors (Lipinski definition) is 3. The Labute approximate surface area is 99.0 Å². The molecule has 1 amide bonds. The second kappa shape index (κ2) is 8.54. The minimum Gasteiger partial charge on any atom is -0.448 e. The first-order valence-corrected chi connectivity index (χ1v) is 5.14. The third-order valence-corrected chi connectivity index (χ3v) is 1.80. The molecule has 3 N–H and O–H groups in total. The summed E-state index contributed by atoms with van der Waals surface area (Å²) >= 11 is 0. The van der Waals surface area contributed by atoms with Crippen LogP contribution in [0.3, 0.4) is 0 Å². The van der Waals surface area contributed by atoms with E-state index in [0.717, 1.165) is 0 Å². The van der Waals surface area contributed by atoms with Crippen LogP contribution in [-0.4, -0.2) is 41.6 Å². The zero-order chi connectivity index (χ0) is 13.3. The first-order chi connectivity index (χ1) is 8.02. The maximum Gasteiger partial charge on any atom is 0.440 e. The third-order valence-electron chi connectivity index (χ3n) is 1.80. The number of carbonyl (C=O) groups excluding carboxylic acids is 2. The van der Waals surface area contributed by atoms with Crippen LogP contribution in [0.5, 0.6) is 0 Å². The number of carbonyl (C=O) groups is 2. The Kier molecular flexibility index (Phi) is 7.74. The number of aliphatic hydroxyl groups is 2. The molecule has 0 aromatic rings. The molecule has 1 unspecified atom stereocenters. The molecule has 0 aliphatic heterocycles. The smallest absolute Gasteiger partial charge is 0.440 e. The molecule has 1 atom stereocenters. The normalized spacial score (nSPS) is 11.5. The molecule has 0 saturated carbocycles. The lowest BCUT2D eigenvalue weighted by Gasteiger charge is -2.12. The predicted octanol–water partition coefficient (Wildman–Crippen LogP) is -0.120. The summed E-state index contributed by atoms with van der Waals surface area (Å²) in [4.78, 5) is 26.4. The molecule has 0 fully saturated rings. The monoisotopic (exact) mass is 247 g/mol. The molecule has 0 heterocycles. The van der Waals surface area contributed by atoms with Crippen LogP contribution in [0.1, 0.15) is 19.8 Å². The maximum atomic E-state index is 11.2. The van der Waals surface area contributed by atoms with Crippen LogP contribution in [0.2, 0.25) is 0 Å². The number of nitrogens with one attached hydrogen (secondary N) is 1. The van der Waals surface area contributed by atoms with Gasteiger partial charge in [0, 0.05) is 6.61 Å². The SMILES string of the molecule is C=C(C(=O)ONC(=O)OCC)C(O)CCCO. The fourth-order valence-corrected chi connectivity index (χ4v) is 0.909. The minimum absolute atomic E-state index is 0.0968. The summed E-state index contributed by atoms with van der Waals surface area (Å²) in [6, 6.07) is 0. The molecule has 0 rings (SSSR count). The number of amides is 1. The van der Waals surface area contributed by atoms with Gasteiger partial charge in [-0.05, 0) is 19.8 Å². The third kappa shape index (κ3) is 6.54. The van der Waals surface area contributed by atoms with Gasteiger partial charge in [0.05, 0.1) is 18.3 Å². The number of hydrogen-bond acceptors (Lipinski definition) is 6. The fraction of sp³-hybridized carbons (Fsp3) is 0.600. The predicted molar refractivity (Wildman–Crippen MR) is 57.7 cm³/mol. The summed E-state index contributed by atoms with van der Waals surface area (Å²) in [5, 5.41) is 18.0. The largest absolute Gasteiger partial charge is 0.448 e. The van der Waals surface area contributed by atoms with Gasteiger partial charge in [-0.1, -0.05) is 6.58 Å². The molecule has 7 nitrogen and oxygen atoms in total. The molecule has 0 spiro atoms. The molecule has 0 saturated heterocycles. The van der Waals surface area contributed by atoms with E-state index in [4.69, 9.17) is 5.11 Å². The van der Waals surface area contributed by atoms with Crippen molar-refractivity contribution in [3.8, 4) is 0 Å². The Morgan fingerprint density at radius 3 is 2.65 bits per heavy atom. The average molecular weight is 247 g/mol. The first-order valence-electron chi connectivity index (χ1n) is 5.14. The van der Waals surface area contributed by atoms with E-state index in [1.165, 1.54) is 0 Å². The van der Waals surface area contributed by atoms with Crippen molar-refractivity contribution in [2.75, 3.05) is 13.2 Å². The van der Waals surface area contributed by atoms with E-state index in [-0.39, 0.29) is 25.2 Å². The van der Waals surface area contributed by atoms with Gasteiger partial charge in [0.1, 0.15) is 0 Å². The molecule has 0 bridgehead atoms. The number of hydroxylamine groups is 1. The molecular formula is C10H17NO6. The summed E-state index contributed by atoms with van der Waals surface area (Å²) in [5.74, 6) is -0.955. The van der Waals surface area contributed by atoms with E-state index >= 15 is 0 Å². The van der Waals surface area contributed by atoms with Crippen LogP contribution in [0.4, 0.5) is 4.79 Å². The lowest BCUT2D eigenvalue weighted by molar-refractivity contribution is -0.146. The maximum absolute atomic E-state index is 11.2. The van der Waals surface area contributed by atoms with E-state index in [1.807, 2.05) is 0 Å². The average Bonchev–Trinajstić information content (AvgIpc) is 2.32. The summed E-state index contributed by atoms with van der Waals surface area (Å²) in [7, 11) is 0. The molecule has 98 valence electrons. The van der Waals surface area contributed by atoms with Gasteiger partial charge in [-0.15, -0.1) is 5.48 Å². The molecular weight excluding hydrogens is 230 g/mol. The van der Waals surface area contributed by atoms with E-state index < -0.39 is 18.2 Å². The Bertz CT molecular complexity index is 278. The van der Waals surface area contributed by atoms with Crippen molar-refractivity contribution in [2.45, 2.75) is 25.9 Å². The highest BCUT2D eigenvalue weighted by Crippen LogP contribution is 2.07. The van der Waals surface area contributed by atoms with Crippen molar-refractivity contribution in [2.24, 2.45) is 0 Å². The van der Waals surface area contributed by atoms with Crippen LogP contribution < -0.4 is 5.48 Å². The van der Waals surface area contributed by atoms with Crippen LogP contribution in [0.25, 0.3) is 0 Å². The Morgan fingerprint density at radius 2 is 2.12 bits per heavy atom. The fourth-order valence-electron chi connectivity index (χ4n) is 0.909. The minimum atomic E-state index is -1.11. The summed E-state index contributed by atoms with van der Waals surface area (Å²) in [5.41, 5.74) is 1.54. The second-order valence-corrected chi connectivity index (χ2v) is 3.12. The zero-order valence-corrected chi connectivity index (χ0v) is 9.64. The highest BCUT2D eigenvalue weighted by molar-refractivity contribution is 5.89. The van der Waals surface area contributed by atoms with E-state index in [2.05, 4.69) is 16.2 Å². The molecule has 0 aliphatic rings. The van der Waals surface area contributed by atoms with Crippen molar-refractivity contribution in [1.82, 2.24) is 5.48 Å². The number of aliphatic hydroxyl groups excluding tert-OH is 2. The quantitative estimate of drug-likeness (QED) is 0.446. The van der Waals surface area contributed by atoms with E-state index in [1.54, 1.807) is 12.4 Å². The van der Waals surface area contributed by atoms with Crippen molar-refractivity contribution < 1.29 is 29.4 Å².